The van der Waals surface area contributed by atoms with E-state index in [4.69, 9.17) is 9.05 Å². The smallest absolute Gasteiger partial charge is 0.264 e. The first-order chi connectivity index (χ1) is 14.7. The van der Waals surface area contributed by atoms with Crippen LogP contribution in [0.4, 0.5) is 11.6 Å². The molecular weight excluding hydrogens is 420 g/mol. The summed E-state index contributed by atoms with van der Waals surface area (Å²) in [5.74, 6) is -0.219. The molecule has 0 spiro atoms. The van der Waals surface area contributed by atoms with Gasteiger partial charge in [-0.05, 0) is 57.2 Å². The molecule has 0 atom stereocenters. The summed E-state index contributed by atoms with van der Waals surface area (Å²) in [5.41, 5.74) is 3.87. The molecule has 0 saturated carbocycles. The Morgan fingerprint density at radius 1 is 1.00 bits per heavy atom. The van der Waals surface area contributed by atoms with Crippen LogP contribution < -0.4 is 10.0 Å². The van der Waals surface area contributed by atoms with Crippen LogP contribution in [0.2, 0.25) is 0 Å². The number of hydrogen-bond donors (Lipinski definition) is 2. The fourth-order valence-corrected chi connectivity index (χ4v) is 4.04. The molecule has 31 heavy (non-hydrogen) atoms. The molecule has 10 heteroatoms. The minimum atomic E-state index is -3.86. The first-order valence-corrected chi connectivity index (χ1v) is 10.9. The van der Waals surface area contributed by atoms with E-state index < -0.39 is 10.0 Å². The zero-order chi connectivity index (χ0) is 22.2. The number of sulfonamides is 1. The van der Waals surface area contributed by atoms with Crippen molar-refractivity contribution < 1.29 is 22.3 Å². The van der Waals surface area contributed by atoms with Crippen LogP contribution in [-0.4, -0.2) is 24.6 Å². The normalized spacial score (nSPS) is 11.6. The fourth-order valence-electron chi connectivity index (χ4n) is 3.00. The van der Waals surface area contributed by atoms with Crippen molar-refractivity contribution in [3.8, 4) is 0 Å². The number of amides is 1. The van der Waals surface area contributed by atoms with Gasteiger partial charge in [-0.1, -0.05) is 21.9 Å². The molecule has 0 aliphatic rings. The Kier molecular flexibility index (Phi) is 5.24. The quantitative estimate of drug-likeness (QED) is 0.468. The summed E-state index contributed by atoms with van der Waals surface area (Å²) in [4.78, 5) is 12.5. The zero-order valence-corrected chi connectivity index (χ0v) is 17.9. The Labute approximate surface area is 178 Å². The fraction of sp³-hybridized carbons (Fsp3) is 0.190. The van der Waals surface area contributed by atoms with Crippen molar-refractivity contribution in [2.45, 2.75) is 32.1 Å². The van der Waals surface area contributed by atoms with Gasteiger partial charge in [-0.2, -0.15) is 0 Å². The van der Waals surface area contributed by atoms with Crippen LogP contribution in [0.1, 0.15) is 22.5 Å². The molecule has 0 unspecified atom stereocenters. The van der Waals surface area contributed by atoms with E-state index in [9.17, 15) is 13.2 Å². The Balaban J connectivity index is 1.44. The third kappa shape index (κ3) is 4.29. The molecule has 9 nitrogen and oxygen atoms in total. The molecule has 0 fully saturated rings. The van der Waals surface area contributed by atoms with Crippen LogP contribution in [0.25, 0.3) is 11.0 Å². The van der Waals surface area contributed by atoms with E-state index in [0.29, 0.717) is 28.2 Å². The predicted molar refractivity (Wildman–Crippen MR) is 114 cm³/mol. The van der Waals surface area contributed by atoms with E-state index in [1.54, 1.807) is 13.8 Å². The number of aryl methyl sites for hydroxylation is 2. The van der Waals surface area contributed by atoms with Gasteiger partial charge in [-0.15, -0.1) is 0 Å². The summed E-state index contributed by atoms with van der Waals surface area (Å²) in [6, 6.07) is 11.4. The minimum Gasteiger partial charge on any atom is -0.356 e. The average Bonchev–Trinajstić information content (AvgIpc) is 3.26. The molecular formula is C21H20N4O5S. The molecule has 1 amide bonds. The van der Waals surface area contributed by atoms with Crippen molar-refractivity contribution >= 4 is 38.5 Å². The van der Waals surface area contributed by atoms with E-state index in [0.717, 1.165) is 10.9 Å². The Bertz CT molecular complexity index is 1370. The number of rotatable bonds is 6. The number of aromatic nitrogens is 2. The molecule has 0 aliphatic heterocycles. The van der Waals surface area contributed by atoms with E-state index in [-0.39, 0.29) is 23.1 Å². The number of benzene rings is 2. The summed E-state index contributed by atoms with van der Waals surface area (Å²) in [6.45, 7) is 5.38. The van der Waals surface area contributed by atoms with Gasteiger partial charge < -0.3 is 14.4 Å². The van der Waals surface area contributed by atoms with Crippen LogP contribution in [0.5, 0.6) is 0 Å². The summed E-state index contributed by atoms with van der Waals surface area (Å²) in [7, 11) is -3.86. The molecule has 0 radical (unpaired) electrons. The third-order valence-corrected chi connectivity index (χ3v) is 6.21. The van der Waals surface area contributed by atoms with Crippen molar-refractivity contribution in [1.82, 2.24) is 10.3 Å². The molecule has 2 aromatic heterocycles. The van der Waals surface area contributed by atoms with Crippen LogP contribution >= 0.6 is 0 Å². The lowest BCUT2D eigenvalue weighted by atomic mass is 10.1. The van der Waals surface area contributed by atoms with Crippen LogP contribution in [-0.2, 0) is 21.2 Å². The maximum Gasteiger partial charge on any atom is 0.264 e. The number of hydrogen-bond acceptors (Lipinski definition) is 7. The Hall–Kier alpha value is -3.66. The largest absolute Gasteiger partial charge is 0.356 e. The van der Waals surface area contributed by atoms with Crippen molar-refractivity contribution in [1.29, 1.82) is 0 Å². The molecule has 0 bridgehead atoms. The number of nitrogens with one attached hydrogen (secondary N) is 2. The van der Waals surface area contributed by atoms with Crippen molar-refractivity contribution in [3.63, 3.8) is 0 Å². The number of nitrogens with zero attached hydrogens (tertiary/aromatic N) is 2. The topological polar surface area (TPSA) is 127 Å². The number of fused-ring (bicyclic) bond motifs is 1. The van der Waals surface area contributed by atoms with Crippen LogP contribution in [0.15, 0.2) is 56.4 Å². The van der Waals surface area contributed by atoms with Gasteiger partial charge in [0.25, 0.3) is 10.0 Å². The lowest BCUT2D eigenvalue weighted by molar-refractivity contribution is -0.115. The predicted octanol–water partition coefficient (Wildman–Crippen LogP) is 3.72. The minimum absolute atomic E-state index is 0.0249. The molecule has 0 aliphatic carbocycles. The van der Waals surface area contributed by atoms with Crippen molar-refractivity contribution in [3.05, 3.63) is 65.0 Å². The highest BCUT2D eigenvalue weighted by Gasteiger charge is 2.19. The second-order valence-corrected chi connectivity index (χ2v) is 8.89. The maximum absolute atomic E-state index is 12.6. The average molecular weight is 440 g/mol. The Morgan fingerprint density at radius 3 is 2.42 bits per heavy atom. The van der Waals surface area contributed by atoms with Gasteiger partial charge in [-0.3, -0.25) is 4.79 Å². The van der Waals surface area contributed by atoms with Crippen LogP contribution in [0.3, 0.4) is 0 Å². The highest BCUT2D eigenvalue weighted by Crippen LogP contribution is 2.23. The van der Waals surface area contributed by atoms with E-state index in [1.165, 1.54) is 24.3 Å². The molecule has 2 aromatic carbocycles. The summed E-state index contributed by atoms with van der Waals surface area (Å²) < 4.78 is 37.7. The molecule has 4 aromatic rings. The first kappa shape index (κ1) is 20.6. The van der Waals surface area contributed by atoms with Gasteiger partial charge >= 0.3 is 0 Å². The van der Waals surface area contributed by atoms with Gasteiger partial charge in [-0.25, -0.2) is 13.1 Å². The SMILES string of the molecule is Cc1ccc2onc(CC(=O)Nc3ccc(S(=O)(=O)Nc4onc(C)c4C)cc3)c2c1. The zero-order valence-electron chi connectivity index (χ0n) is 17.1. The maximum atomic E-state index is 12.6. The summed E-state index contributed by atoms with van der Waals surface area (Å²) in [6.07, 6.45) is 0.0299. The van der Waals surface area contributed by atoms with Gasteiger partial charge in [0.2, 0.25) is 11.8 Å². The molecule has 2 N–H and O–H groups in total. The van der Waals surface area contributed by atoms with Crippen molar-refractivity contribution in [2.24, 2.45) is 0 Å². The molecule has 160 valence electrons. The highest BCUT2D eigenvalue weighted by molar-refractivity contribution is 7.92. The summed E-state index contributed by atoms with van der Waals surface area (Å²) >= 11 is 0. The lowest BCUT2D eigenvalue weighted by Gasteiger charge is -2.08. The standard InChI is InChI=1S/C21H20N4O5S/c1-12-4-9-19-17(10-12)18(24-29-19)11-20(26)22-15-5-7-16(8-6-15)31(27,28)25-21-13(2)14(3)23-30-21/h4-10,25H,11H2,1-3H3,(H,22,26). The first-order valence-electron chi connectivity index (χ1n) is 9.43. The number of carbonyl (C=O) groups excluding carboxylic acids is 1. The lowest BCUT2D eigenvalue weighted by Crippen LogP contribution is -2.15. The van der Waals surface area contributed by atoms with E-state index in [2.05, 4.69) is 20.4 Å². The van der Waals surface area contributed by atoms with Crippen molar-refractivity contribution in [2.75, 3.05) is 10.0 Å². The van der Waals surface area contributed by atoms with Gasteiger partial charge in [0.05, 0.1) is 17.0 Å². The molecule has 2 heterocycles. The van der Waals surface area contributed by atoms with E-state index >= 15 is 0 Å². The second kappa shape index (κ2) is 7.88. The van der Waals surface area contributed by atoms with E-state index in [1.807, 2.05) is 25.1 Å². The third-order valence-electron chi connectivity index (χ3n) is 4.86. The number of anilines is 2. The second-order valence-electron chi connectivity index (χ2n) is 7.21. The summed E-state index contributed by atoms with van der Waals surface area (Å²) in [5, 5.41) is 11.2. The molecule has 4 rings (SSSR count). The van der Waals surface area contributed by atoms with Gasteiger partial charge in [0.1, 0.15) is 5.69 Å². The van der Waals surface area contributed by atoms with Crippen LogP contribution in [0, 0.1) is 20.8 Å². The Morgan fingerprint density at radius 2 is 1.74 bits per heavy atom. The molecule has 0 saturated heterocycles. The number of carbonyl (C=O) groups is 1. The monoisotopic (exact) mass is 440 g/mol. The van der Waals surface area contributed by atoms with Gasteiger partial charge in [0.15, 0.2) is 5.58 Å². The highest BCUT2D eigenvalue weighted by atomic mass is 32.2. The van der Waals surface area contributed by atoms with Gasteiger partial charge in [0, 0.05) is 16.6 Å².